The molecule has 8 aromatic carbocycles. The van der Waals surface area contributed by atoms with Crippen LogP contribution in [0.5, 0.6) is 0 Å². The van der Waals surface area contributed by atoms with Crippen molar-refractivity contribution in [3.63, 3.8) is 0 Å². The fraction of sp³-hybridized carbons (Fsp3) is 0. The van der Waals surface area contributed by atoms with Crippen molar-refractivity contribution >= 4 is 39.0 Å². The van der Waals surface area contributed by atoms with Crippen LogP contribution < -0.4 is 4.90 Å². The SMILES string of the molecule is c1ccc(-c2ccc(N(c3ccc4oc5ccccc5c4c3)c3ccccc3-c3ccccc3-c3ccccc3-c3ccccc3)cc2)cc1. The number of hydrogen-bond donors (Lipinski definition) is 0. The summed E-state index contributed by atoms with van der Waals surface area (Å²) in [6.07, 6.45) is 0. The van der Waals surface area contributed by atoms with Crippen LogP contribution >= 0.6 is 0 Å². The van der Waals surface area contributed by atoms with Crippen molar-refractivity contribution in [3.8, 4) is 44.5 Å². The van der Waals surface area contributed by atoms with E-state index in [9.17, 15) is 0 Å². The van der Waals surface area contributed by atoms with Crippen LogP contribution in [0.25, 0.3) is 66.4 Å². The molecule has 0 aliphatic rings. The largest absolute Gasteiger partial charge is 0.456 e. The predicted octanol–water partition coefficient (Wildman–Crippen LogP) is 13.7. The van der Waals surface area contributed by atoms with Crippen LogP contribution in [0.15, 0.2) is 205 Å². The molecular weight excluding hydrogens is 607 g/mol. The molecule has 0 aliphatic heterocycles. The first-order valence-corrected chi connectivity index (χ1v) is 17.0. The summed E-state index contributed by atoms with van der Waals surface area (Å²) in [6, 6.07) is 71.2. The van der Waals surface area contributed by atoms with Gasteiger partial charge in [-0.05, 0) is 81.4 Å². The van der Waals surface area contributed by atoms with Gasteiger partial charge in [-0.2, -0.15) is 0 Å². The molecule has 1 aromatic heterocycles. The maximum absolute atomic E-state index is 6.25. The molecule has 9 aromatic rings. The number of hydrogen-bond acceptors (Lipinski definition) is 2. The number of benzene rings is 8. The van der Waals surface area contributed by atoms with Gasteiger partial charge in [0.1, 0.15) is 11.2 Å². The number of fused-ring (bicyclic) bond motifs is 3. The molecule has 2 nitrogen and oxygen atoms in total. The lowest BCUT2D eigenvalue weighted by molar-refractivity contribution is 0.669. The minimum absolute atomic E-state index is 0.880. The number of anilines is 3. The third-order valence-electron chi connectivity index (χ3n) is 9.52. The number of furan rings is 1. The highest BCUT2D eigenvalue weighted by Crippen LogP contribution is 2.46. The summed E-state index contributed by atoms with van der Waals surface area (Å²) >= 11 is 0. The number of nitrogens with zero attached hydrogens (tertiary/aromatic N) is 1. The second-order valence-corrected chi connectivity index (χ2v) is 12.5. The van der Waals surface area contributed by atoms with E-state index in [4.69, 9.17) is 4.42 Å². The molecule has 2 heteroatoms. The van der Waals surface area contributed by atoms with E-state index in [1.54, 1.807) is 0 Å². The van der Waals surface area contributed by atoms with E-state index in [-0.39, 0.29) is 0 Å². The molecule has 0 radical (unpaired) electrons. The zero-order valence-electron chi connectivity index (χ0n) is 27.4. The van der Waals surface area contributed by atoms with Crippen molar-refractivity contribution < 1.29 is 4.42 Å². The monoisotopic (exact) mass is 639 g/mol. The quantitative estimate of drug-likeness (QED) is 0.173. The second kappa shape index (κ2) is 12.8. The van der Waals surface area contributed by atoms with Gasteiger partial charge >= 0.3 is 0 Å². The van der Waals surface area contributed by atoms with Crippen LogP contribution in [-0.2, 0) is 0 Å². The molecule has 0 atom stereocenters. The molecule has 0 saturated heterocycles. The Bertz CT molecular complexity index is 2580. The van der Waals surface area contributed by atoms with Crippen LogP contribution in [0.4, 0.5) is 17.1 Å². The van der Waals surface area contributed by atoms with Gasteiger partial charge in [0.25, 0.3) is 0 Å². The highest BCUT2D eigenvalue weighted by atomic mass is 16.3. The number of para-hydroxylation sites is 2. The minimum atomic E-state index is 0.880. The Morgan fingerprint density at radius 3 is 1.50 bits per heavy atom. The average Bonchev–Trinajstić information content (AvgIpc) is 3.57. The molecule has 0 unspecified atom stereocenters. The molecule has 236 valence electrons. The zero-order valence-corrected chi connectivity index (χ0v) is 27.4. The van der Waals surface area contributed by atoms with Crippen LogP contribution in [-0.4, -0.2) is 0 Å². The molecule has 0 aliphatic carbocycles. The van der Waals surface area contributed by atoms with Crippen molar-refractivity contribution in [2.24, 2.45) is 0 Å². The Morgan fingerprint density at radius 2 is 0.780 bits per heavy atom. The Labute approximate surface area is 292 Å². The standard InChI is InChI=1S/C48H33NO/c1-3-15-34(16-4-1)35-27-29-37(30-28-35)49(38-31-32-48-45(33-38)44-24-12-14-26-47(44)50-48)46-25-13-11-23-43(46)42-22-10-9-21-41(42)40-20-8-7-19-39(40)36-17-5-2-6-18-36/h1-33H. The average molecular weight is 640 g/mol. The van der Waals surface area contributed by atoms with E-state index >= 15 is 0 Å². The third-order valence-corrected chi connectivity index (χ3v) is 9.52. The molecule has 9 rings (SSSR count). The van der Waals surface area contributed by atoms with Gasteiger partial charge in [-0.3, -0.25) is 0 Å². The normalized spacial score (nSPS) is 11.2. The van der Waals surface area contributed by atoms with Crippen molar-refractivity contribution in [1.29, 1.82) is 0 Å². The number of rotatable bonds is 7. The third kappa shape index (κ3) is 5.34. The van der Waals surface area contributed by atoms with Crippen molar-refractivity contribution in [2.45, 2.75) is 0 Å². The summed E-state index contributed by atoms with van der Waals surface area (Å²) in [5, 5.41) is 2.21. The zero-order chi connectivity index (χ0) is 33.3. The highest BCUT2D eigenvalue weighted by Gasteiger charge is 2.21. The topological polar surface area (TPSA) is 16.4 Å². The Kier molecular flexibility index (Phi) is 7.53. The van der Waals surface area contributed by atoms with Gasteiger partial charge in [-0.25, -0.2) is 0 Å². The van der Waals surface area contributed by atoms with Gasteiger partial charge in [-0.15, -0.1) is 0 Å². The van der Waals surface area contributed by atoms with E-state index in [2.05, 4.69) is 193 Å². The highest BCUT2D eigenvalue weighted by molar-refractivity contribution is 6.07. The summed E-state index contributed by atoms with van der Waals surface area (Å²) < 4.78 is 6.25. The Balaban J connectivity index is 1.25. The van der Waals surface area contributed by atoms with Crippen LogP contribution in [0.1, 0.15) is 0 Å². The lowest BCUT2D eigenvalue weighted by atomic mass is 9.88. The van der Waals surface area contributed by atoms with Crippen LogP contribution in [0.3, 0.4) is 0 Å². The fourth-order valence-electron chi connectivity index (χ4n) is 7.15. The molecule has 0 bridgehead atoms. The van der Waals surface area contributed by atoms with E-state index in [1.165, 1.54) is 38.9 Å². The van der Waals surface area contributed by atoms with Gasteiger partial charge in [0.15, 0.2) is 0 Å². The molecule has 0 spiro atoms. The van der Waals surface area contributed by atoms with E-state index < -0.39 is 0 Å². The maximum Gasteiger partial charge on any atom is 0.135 e. The molecule has 0 fully saturated rings. The van der Waals surface area contributed by atoms with Crippen molar-refractivity contribution in [3.05, 3.63) is 200 Å². The van der Waals surface area contributed by atoms with Gasteiger partial charge in [-0.1, -0.05) is 158 Å². The summed E-state index contributed by atoms with van der Waals surface area (Å²) in [5.41, 5.74) is 14.5. The van der Waals surface area contributed by atoms with Crippen LogP contribution in [0.2, 0.25) is 0 Å². The minimum Gasteiger partial charge on any atom is -0.456 e. The fourth-order valence-corrected chi connectivity index (χ4v) is 7.15. The smallest absolute Gasteiger partial charge is 0.135 e. The van der Waals surface area contributed by atoms with Gasteiger partial charge in [0.05, 0.1) is 5.69 Å². The van der Waals surface area contributed by atoms with Crippen LogP contribution in [0, 0.1) is 0 Å². The lowest BCUT2D eigenvalue weighted by Gasteiger charge is -2.29. The van der Waals surface area contributed by atoms with Gasteiger partial charge in [0.2, 0.25) is 0 Å². The van der Waals surface area contributed by atoms with E-state index in [0.29, 0.717) is 0 Å². The summed E-state index contributed by atoms with van der Waals surface area (Å²) in [4.78, 5) is 2.38. The summed E-state index contributed by atoms with van der Waals surface area (Å²) in [5.74, 6) is 0. The molecule has 1 heterocycles. The van der Waals surface area contributed by atoms with Gasteiger partial charge in [0, 0.05) is 27.7 Å². The summed E-state index contributed by atoms with van der Waals surface area (Å²) in [7, 11) is 0. The lowest BCUT2D eigenvalue weighted by Crippen LogP contribution is -2.11. The first-order chi connectivity index (χ1) is 24.8. The predicted molar refractivity (Wildman–Crippen MR) is 210 cm³/mol. The second-order valence-electron chi connectivity index (χ2n) is 12.5. The first kappa shape index (κ1) is 29.5. The van der Waals surface area contributed by atoms with E-state index in [0.717, 1.165) is 44.6 Å². The van der Waals surface area contributed by atoms with Crippen molar-refractivity contribution in [2.75, 3.05) is 4.90 Å². The van der Waals surface area contributed by atoms with Crippen molar-refractivity contribution in [1.82, 2.24) is 0 Å². The van der Waals surface area contributed by atoms with E-state index in [1.807, 2.05) is 12.1 Å². The van der Waals surface area contributed by atoms with Gasteiger partial charge < -0.3 is 9.32 Å². The molecule has 0 N–H and O–H groups in total. The molecule has 0 saturated carbocycles. The molecule has 0 amide bonds. The maximum atomic E-state index is 6.25. The first-order valence-electron chi connectivity index (χ1n) is 17.0. The Morgan fingerprint density at radius 1 is 0.300 bits per heavy atom. The molecular formula is C48H33NO. The summed E-state index contributed by atoms with van der Waals surface area (Å²) in [6.45, 7) is 0. The molecule has 50 heavy (non-hydrogen) atoms. The Hall–Kier alpha value is -6.64.